The molecule has 30 heavy (non-hydrogen) atoms. The van der Waals surface area contributed by atoms with Gasteiger partial charge in [-0.15, -0.1) is 0 Å². The van der Waals surface area contributed by atoms with Gasteiger partial charge < -0.3 is 9.80 Å². The van der Waals surface area contributed by atoms with E-state index in [1.54, 1.807) is 0 Å². The second kappa shape index (κ2) is 9.46. The molecule has 0 aliphatic carbocycles. The Balaban J connectivity index is 1.27. The molecule has 4 rings (SSSR count). The molecule has 0 unspecified atom stereocenters. The first-order valence-electron chi connectivity index (χ1n) is 11.3. The molecule has 2 aromatic rings. The van der Waals surface area contributed by atoms with E-state index in [1.807, 2.05) is 35.2 Å². The number of benzene rings is 2. The monoisotopic (exact) mass is 404 g/mol. The molecule has 0 spiro atoms. The number of hydrogen-bond acceptors (Lipinski definition) is 2. The molecule has 2 saturated heterocycles. The summed E-state index contributed by atoms with van der Waals surface area (Å²) in [5.41, 5.74) is 3.39. The van der Waals surface area contributed by atoms with Gasteiger partial charge >= 0.3 is 0 Å². The summed E-state index contributed by atoms with van der Waals surface area (Å²) in [6.07, 6.45) is 4.25. The van der Waals surface area contributed by atoms with Crippen molar-refractivity contribution in [2.75, 3.05) is 26.2 Å². The van der Waals surface area contributed by atoms with E-state index >= 15 is 0 Å². The Hall–Kier alpha value is -2.62. The van der Waals surface area contributed by atoms with Crippen molar-refractivity contribution >= 4 is 11.8 Å². The van der Waals surface area contributed by atoms with E-state index in [2.05, 4.69) is 36.1 Å². The smallest absolute Gasteiger partial charge is 0.226 e. The minimum absolute atomic E-state index is 0.0904. The van der Waals surface area contributed by atoms with Crippen LogP contribution in [0.15, 0.2) is 54.6 Å². The van der Waals surface area contributed by atoms with Crippen molar-refractivity contribution in [3.63, 3.8) is 0 Å². The van der Waals surface area contributed by atoms with Crippen molar-refractivity contribution in [2.24, 2.45) is 11.8 Å². The quantitative estimate of drug-likeness (QED) is 0.758. The lowest BCUT2D eigenvalue weighted by atomic mass is 9.92. The van der Waals surface area contributed by atoms with Crippen molar-refractivity contribution in [1.82, 2.24) is 9.80 Å². The molecule has 4 heteroatoms. The maximum Gasteiger partial charge on any atom is 0.226 e. The van der Waals surface area contributed by atoms with E-state index < -0.39 is 0 Å². The third-order valence-electron chi connectivity index (χ3n) is 6.71. The third kappa shape index (κ3) is 4.92. The highest BCUT2D eigenvalue weighted by Gasteiger charge is 2.31. The fraction of sp³-hybridized carbons (Fsp3) is 0.462. The van der Waals surface area contributed by atoms with Gasteiger partial charge in [-0.05, 0) is 48.3 Å². The molecule has 158 valence electrons. The number of rotatable bonds is 4. The molecule has 0 bridgehead atoms. The predicted octanol–water partition coefficient (Wildman–Crippen LogP) is 4.39. The molecule has 0 radical (unpaired) electrons. The van der Waals surface area contributed by atoms with Gasteiger partial charge in [0.1, 0.15) is 0 Å². The summed E-state index contributed by atoms with van der Waals surface area (Å²) in [7, 11) is 0. The van der Waals surface area contributed by atoms with Crippen LogP contribution in [0.5, 0.6) is 0 Å². The molecule has 2 aliphatic heterocycles. The van der Waals surface area contributed by atoms with E-state index in [0.29, 0.717) is 25.4 Å². The van der Waals surface area contributed by atoms with Gasteiger partial charge in [0.15, 0.2) is 0 Å². The molecule has 4 nitrogen and oxygen atoms in total. The molecule has 2 aromatic carbocycles. The Morgan fingerprint density at radius 1 is 0.767 bits per heavy atom. The van der Waals surface area contributed by atoms with Crippen LogP contribution >= 0.6 is 0 Å². The zero-order valence-electron chi connectivity index (χ0n) is 17.9. The zero-order chi connectivity index (χ0) is 20.9. The minimum Gasteiger partial charge on any atom is -0.342 e. The van der Waals surface area contributed by atoms with Gasteiger partial charge in [-0.3, -0.25) is 9.59 Å². The molecule has 2 aliphatic rings. The maximum atomic E-state index is 12.8. The largest absolute Gasteiger partial charge is 0.342 e. The van der Waals surface area contributed by atoms with Gasteiger partial charge in [0, 0.05) is 32.1 Å². The Bertz CT molecular complexity index is 846. The summed E-state index contributed by atoms with van der Waals surface area (Å²) >= 11 is 0. The lowest BCUT2D eigenvalue weighted by Gasteiger charge is -2.36. The Morgan fingerprint density at radius 2 is 1.33 bits per heavy atom. The number of piperidine rings is 2. The van der Waals surface area contributed by atoms with Crippen LogP contribution < -0.4 is 0 Å². The van der Waals surface area contributed by atoms with E-state index in [9.17, 15) is 9.59 Å². The fourth-order valence-electron chi connectivity index (χ4n) is 4.60. The van der Waals surface area contributed by atoms with Crippen molar-refractivity contribution in [3.8, 4) is 11.1 Å². The van der Waals surface area contributed by atoms with Crippen LogP contribution in [0.4, 0.5) is 0 Å². The highest BCUT2D eigenvalue weighted by molar-refractivity contribution is 5.81. The zero-order valence-corrected chi connectivity index (χ0v) is 17.9. The highest BCUT2D eigenvalue weighted by atomic mass is 16.2. The van der Waals surface area contributed by atoms with Crippen LogP contribution in [0.3, 0.4) is 0 Å². The van der Waals surface area contributed by atoms with Crippen LogP contribution in [-0.2, 0) is 16.0 Å². The topological polar surface area (TPSA) is 40.6 Å². The van der Waals surface area contributed by atoms with Crippen LogP contribution in [0.2, 0.25) is 0 Å². The van der Waals surface area contributed by atoms with Crippen LogP contribution in [0.1, 0.15) is 38.2 Å². The lowest BCUT2D eigenvalue weighted by Crippen LogP contribution is -2.46. The van der Waals surface area contributed by atoms with E-state index in [4.69, 9.17) is 0 Å². The first-order chi connectivity index (χ1) is 14.6. The number of carbonyl (C=O) groups is 2. The molecule has 0 N–H and O–H groups in total. The van der Waals surface area contributed by atoms with Crippen molar-refractivity contribution in [3.05, 3.63) is 60.2 Å². The highest BCUT2D eigenvalue weighted by Crippen LogP contribution is 2.24. The maximum absolute atomic E-state index is 12.8. The second-order valence-corrected chi connectivity index (χ2v) is 8.90. The van der Waals surface area contributed by atoms with Crippen molar-refractivity contribution in [2.45, 2.75) is 39.0 Å². The van der Waals surface area contributed by atoms with Gasteiger partial charge in [0.2, 0.25) is 11.8 Å². The molecule has 0 aromatic heterocycles. The summed E-state index contributed by atoms with van der Waals surface area (Å²) in [6.45, 7) is 5.46. The Morgan fingerprint density at radius 3 is 1.97 bits per heavy atom. The molecule has 0 saturated carbocycles. The average molecular weight is 405 g/mol. The predicted molar refractivity (Wildman–Crippen MR) is 120 cm³/mol. The number of carbonyl (C=O) groups excluding carboxylic acids is 2. The summed E-state index contributed by atoms with van der Waals surface area (Å²) in [4.78, 5) is 29.6. The van der Waals surface area contributed by atoms with Crippen LogP contribution in [0, 0.1) is 11.8 Å². The molecular weight excluding hydrogens is 372 g/mol. The van der Waals surface area contributed by atoms with Crippen molar-refractivity contribution < 1.29 is 9.59 Å². The van der Waals surface area contributed by atoms with E-state index in [-0.39, 0.29) is 11.8 Å². The van der Waals surface area contributed by atoms with Gasteiger partial charge in [-0.1, -0.05) is 61.5 Å². The normalized spacial score (nSPS) is 18.4. The van der Waals surface area contributed by atoms with Crippen LogP contribution in [-0.4, -0.2) is 47.8 Å². The first-order valence-corrected chi connectivity index (χ1v) is 11.3. The molecular formula is C26H32N2O2. The van der Waals surface area contributed by atoms with E-state index in [0.717, 1.165) is 50.3 Å². The summed E-state index contributed by atoms with van der Waals surface area (Å²) < 4.78 is 0. The molecule has 0 atom stereocenters. The number of nitrogens with zero attached hydrogens (tertiary/aromatic N) is 2. The standard InChI is InChI=1S/C26H32N2O2/c1-20-11-15-28(16-12-20)26(30)24-13-17-27(18-14-24)25(29)19-21-7-9-23(10-8-21)22-5-3-2-4-6-22/h2-10,20,24H,11-19H2,1H3. The molecule has 2 heterocycles. The number of likely N-dealkylation sites (tertiary alicyclic amines) is 2. The number of hydrogen-bond donors (Lipinski definition) is 0. The Labute approximate surface area is 179 Å². The van der Waals surface area contributed by atoms with Gasteiger partial charge in [0.05, 0.1) is 6.42 Å². The summed E-state index contributed by atoms with van der Waals surface area (Å²) in [6, 6.07) is 18.5. The van der Waals surface area contributed by atoms with E-state index in [1.165, 1.54) is 11.1 Å². The number of amides is 2. The first kappa shape index (κ1) is 20.6. The molecule has 2 fully saturated rings. The fourth-order valence-corrected chi connectivity index (χ4v) is 4.60. The second-order valence-electron chi connectivity index (χ2n) is 8.90. The van der Waals surface area contributed by atoms with Crippen molar-refractivity contribution in [1.29, 1.82) is 0 Å². The molecule has 2 amide bonds. The Kier molecular flexibility index (Phi) is 6.51. The van der Waals surface area contributed by atoms with Gasteiger partial charge in [-0.2, -0.15) is 0 Å². The summed E-state index contributed by atoms with van der Waals surface area (Å²) in [5, 5.41) is 0. The summed E-state index contributed by atoms with van der Waals surface area (Å²) in [5.74, 6) is 1.30. The third-order valence-corrected chi connectivity index (χ3v) is 6.71. The SMILES string of the molecule is CC1CCN(C(=O)C2CCN(C(=O)Cc3ccc(-c4ccccc4)cc3)CC2)CC1. The average Bonchev–Trinajstić information content (AvgIpc) is 2.80. The minimum atomic E-state index is 0.0904. The lowest BCUT2D eigenvalue weighted by molar-refractivity contribution is -0.141. The van der Waals surface area contributed by atoms with Gasteiger partial charge in [0.25, 0.3) is 0 Å². The van der Waals surface area contributed by atoms with Crippen LogP contribution in [0.25, 0.3) is 11.1 Å². The van der Waals surface area contributed by atoms with Gasteiger partial charge in [-0.25, -0.2) is 0 Å².